The highest BCUT2D eigenvalue weighted by Crippen LogP contribution is 2.52. The van der Waals surface area contributed by atoms with Gasteiger partial charge in [-0.3, -0.25) is 4.79 Å². The molecule has 1 heterocycles. The molecule has 0 radical (unpaired) electrons. The Morgan fingerprint density at radius 3 is 1.93 bits per heavy atom. The normalized spacial score (nSPS) is 33.2. The number of ether oxygens (including phenoxy) is 1. The van der Waals surface area contributed by atoms with E-state index < -0.39 is 0 Å². The van der Waals surface area contributed by atoms with Gasteiger partial charge in [0.25, 0.3) is 0 Å². The molecule has 0 aromatic rings. The topological polar surface area (TPSA) is 26.3 Å². The molecule has 3 rings (SSSR count). The van der Waals surface area contributed by atoms with Crippen molar-refractivity contribution in [2.75, 3.05) is 0 Å². The van der Waals surface area contributed by atoms with Gasteiger partial charge >= 0.3 is 5.97 Å². The summed E-state index contributed by atoms with van der Waals surface area (Å²) in [4.78, 5) is 12.5. The number of hydrogen-bond donors (Lipinski definition) is 0. The van der Waals surface area contributed by atoms with Crippen molar-refractivity contribution in [3.8, 4) is 71.0 Å². The lowest BCUT2D eigenvalue weighted by molar-refractivity contribution is -0.146. The lowest BCUT2D eigenvalue weighted by Crippen LogP contribution is -2.32. The van der Waals surface area contributed by atoms with E-state index in [0.717, 1.165) is 12.8 Å². The molecule has 1 saturated heterocycles. The smallest absolute Gasteiger partial charge is 0.321 e. The second kappa shape index (κ2) is 9.85. The van der Waals surface area contributed by atoms with Gasteiger partial charge in [-0.15, -0.1) is 0 Å². The van der Waals surface area contributed by atoms with Gasteiger partial charge in [0.2, 0.25) is 0 Å². The Kier molecular flexibility index (Phi) is 6.99. The first kappa shape index (κ1) is 20.6. The SMILES string of the molecule is CC#CC#CC#CC#CC#CC#CC1C(=O)OC2C1CCC(C)C1CCC(C)C12. The van der Waals surface area contributed by atoms with Crippen LogP contribution in [0.4, 0.5) is 0 Å². The number of carbonyl (C=O) groups is 1. The number of rotatable bonds is 0. The third-order valence-electron chi connectivity index (χ3n) is 6.44. The average molecular weight is 380 g/mol. The van der Waals surface area contributed by atoms with E-state index in [2.05, 4.69) is 84.9 Å². The van der Waals surface area contributed by atoms with Crippen LogP contribution in [-0.2, 0) is 9.53 Å². The molecule has 0 amide bonds. The van der Waals surface area contributed by atoms with E-state index in [4.69, 9.17) is 4.74 Å². The minimum absolute atomic E-state index is 0.0239. The zero-order valence-corrected chi connectivity index (χ0v) is 17.2. The maximum Gasteiger partial charge on any atom is 0.321 e. The zero-order chi connectivity index (χ0) is 20.6. The first-order chi connectivity index (χ1) is 14.1. The fraction of sp³-hybridized carbons (Fsp3) is 0.519. The van der Waals surface area contributed by atoms with Crippen molar-refractivity contribution in [1.29, 1.82) is 0 Å². The van der Waals surface area contributed by atoms with Gasteiger partial charge in [-0.1, -0.05) is 32.1 Å². The van der Waals surface area contributed by atoms with E-state index >= 15 is 0 Å². The molecular weight excluding hydrogens is 356 g/mol. The molecule has 3 fully saturated rings. The molecule has 2 aliphatic carbocycles. The van der Waals surface area contributed by atoms with Crippen molar-refractivity contribution in [3.63, 3.8) is 0 Å². The third-order valence-corrected chi connectivity index (χ3v) is 6.44. The summed E-state index contributed by atoms with van der Waals surface area (Å²) in [6.45, 7) is 6.38. The van der Waals surface area contributed by atoms with Crippen LogP contribution in [0.5, 0.6) is 0 Å². The van der Waals surface area contributed by atoms with Crippen LogP contribution in [0, 0.1) is 107 Å². The summed E-state index contributed by atoms with van der Waals surface area (Å²) in [6.07, 6.45) is 4.67. The average Bonchev–Trinajstić information content (AvgIpc) is 3.19. The number of esters is 1. The monoisotopic (exact) mass is 380 g/mol. The minimum atomic E-state index is -0.365. The quantitative estimate of drug-likeness (QED) is 0.476. The standard InChI is InChI=1S/C27H24O2/c1-4-5-6-7-8-9-10-11-12-13-14-15-24-23-19-16-20(2)22-18-17-21(3)25(22)26(23)29-27(24)28/h20-26H,16-19H2,1-3H3. The van der Waals surface area contributed by atoms with Gasteiger partial charge in [-0.25, -0.2) is 0 Å². The summed E-state index contributed by atoms with van der Waals surface area (Å²) in [6, 6.07) is 0. The van der Waals surface area contributed by atoms with Gasteiger partial charge in [0, 0.05) is 11.8 Å². The van der Waals surface area contributed by atoms with Crippen LogP contribution < -0.4 is 0 Å². The second-order valence-electron chi connectivity index (χ2n) is 8.04. The Hall–Kier alpha value is -3.17. The van der Waals surface area contributed by atoms with Crippen molar-refractivity contribution in [3.05, 3.63) is 0 Å². The lowest BCUT2D eigenvalue weighted by atomic mass is 9.77. The third kappa shape index (κ3) is 4.82. The van der Waals surface area contributed by atoms with E-state index in [0.29, 0.717) is 23.7 Å². The largest absolute Gasteiger partial charge is 0.461 e. The Bertz CT molecular complexity index is 1030. The van der Waals surface area contributed by atoms with Crippen LogP contribution in [0.15, 0.2) is 0 Å². The Morgan fingerprint density at radius 1 is 0.724 bits per heavy atom. The predicted octanol–water partition coefficient (Wildman–Crippen LogP) is 3.28. The summed E-state index contributed by atoms with van der Waals surface area (Å²) in [5.41, 5.74) is 0. The Morgan fingerprint density at radius 2 is 1.28 bits per heavy atom. The van der Waals surface area contributed by atoms with Crippen molar-refractivity contribution in [2.24, 2.45) is 35.5 Å². The van der Waals surface area contributed by atoms with Crippen LogP contribution in [0.2, 0.25) is 0 Å². The van der Waals surface area contributed by atoms with Gasteiger partial charge < -0.3 is 4.74 Å². The first-order valence-corrected chi connectivity index (χ1v) is 10.3. The van der Waals surface area contributed by atoms with Crippen LogP contribution >= 0.6 is 0 Å². The summed E-state index contributed by atoms with van der Waals surface area (Å²) in [7, 11) is 0. The molecule has 29 heavy (non-hydrogen) atoms. The van der Waals surface area contributed by atoms with Crippen molar-refractivity contribution in [2.45, 2.75) is 52.6 Å². The molecule has 0 N–H and O–H groups in total. The van der Waals surface area contributed by atoms with Crippen LogP contribution in [0.25, 0.3) is 0 Å². The fourth-order valence-electron chi connectivity index (χ4n) is 5.11. The molecule has 0 spiro atoms. The summed E-state index contributed by atoms with van der Waals surface area (Å²) >= 11 is 0. The van der Waals surface area contributed by atoms with E-state index in [-0.39, 0.29) is 23.9 Å². The molecule has 0 bridgehead atoms. The maximum atomic E-state index is 12.5. The number of fused-ring (bicyclic) bond motifs is 3. The molecule has 7 atom stereocenters. The van der Waals surface area contributed by atoms with E-state index in [1.54, 1.807) is 6.92 Å². The van der Waals surface area contributed by atoms with Crippen molar-refractivity contribution < 1.29 is 9.53 Å². The van der Waals surface area contributed by atoms with Gasteiger partial charge in [0.15, 0.2) is 0 Å². The fourth-order valence-corrected chi connectivity index (χ4v) is 5.11. The van der Waals surface area contributed by atoms with Crippen molar-refractivity contribution >= 4 is 5.97 Å². The van der Waals surface area contributed by atoms with E-state index in [1.165, 1.54) is 12.8 Å². The Labute approximate surface area is 174 Å². The second-order valence-corrected chi connectivity index (χ2v) is 8.04. The van der Waals surface area contributed by atoms with Gasteiger partial charge in [0.05, 0.1) is 0 Å². The van der Waals surface area contributed by atoms with Crippen LogP contribution in [-0.4, -0.2) is 12.1 Å². The summed E-state index contributed by atoms with van der Waals surface area (Å²) < 4.78 is 5.88. The summed E-state index contributed by atoms with van der Waals surface area (Å²) in [5, 5.41) is 0. The van der Waals surface area contributed by atoms with Gasteiger partial charge in [-0.05, 0) is 103 Å². The highest BCUT2D eigenvalue weighted by Gasteiger charge is 2.54. The molecule has 7 unspecified atom stereocenters. The number of carbonyl (C=O) groups excluding carboxylic acids is 1. The molecule has 0 aromatic carbocycles. The molecule has 0 aromatic heterocycles. The lowest BCUT2D eigenvalue weighted by Gasteiger charge is -2.30. The van der Waals surface area contributed by atoms with Crippen molar-refractivity contribution in [1.82, 2.24) is 0 Å². The predicted molar refractivity (Wildman–Crippen MR) is 113 cm³/mol. The van der Waals surface area contributed by atoms with E-state index in [9.17, 15) is 4.79 Å². The first-order valence-electron chi connectivity index (χ1n) is 10.3. The van der Waals surface area contributed by atoms with Gasteiger partial charge in [-0.2, -0.15) is 0 Å². The molecule has 144 valence electrons. The minimum Gasteiger partial charge on any atom is -0.461 e. The summed E-state index contributed by atoms with van der Waals surface area (Å²) in [5.74, 6) is 34.1. The molecule has 3 aliphatic rings. The highest BCUT2D eigenvalue weighted by atomic mass is 16.6. The molecular formula is C27H24O2. The zero-order valence-electron chi connectivity index (χ0n) is 17.2. The van der Waals surface area contributed by atoms with Crippen LogP contribution in [0.3, 0.4) is 0 Å². The maximum absolute atomic E-state index is 12.5. The van der Waals surface area contributed by atoms with Gasteiger partial charge in [0.1, 0.15) is 12.0 Å². The Balaban J connectivity index is 1.67. The highest BCUT2D eigenvalue weighted by molar-refractivity contribution is 5.79. The molecule has 2 nitrogen and oxygen atoms in total. The number of hydrogen-bond acceptors (Lipinski definition) is 2. The molecule has 1 aliphatic heterocycles. The molecule has 2 saturated carbocycles. The van der Waals surface area contributed by atoms with E-state index in [1.807, 2.05) is 0 Å². The van der Waals surface area contributed by atoms with Crippen LogP contribution in [0.1, 0.15) is 46.5 Å². The molecule has 2 heteroatoms.